The Balaban J connectivity index is 1.85. The van der Waals surface area contributed by atoms with Crippen molar-refractivity contribution in [2.75, 3.05) is 13.1 Å². The van der Waals surface area contributed by atoms with Crippen molar-refractivity contribution in [3.05, 3.63) is 40.4 Å². The minimum absolute atomic E-state index is 0.00908. The second-order valence-electron chi connectivity index (χ2n) is 6.20. The number of rotatable bonds is 2. The van der Waals surface area contributed by atoms with E-state index in [4.69, 9.17) is 4.74 Å². The van der Waals surface area contributed by atoms with Gasteiger partial charge in [0.2, 0.25) is 5.91 Å². The lowest BCUT2D eigenvalue weighted by Crippen LogP contribution is -2.49. The highest BCUT2D eigenvalue weighted by Gasteiger charge is 2.26. The summed E-state index contributed by atoms with van der Waals surface area (Å²) in [7, 11) is 0. The molecular weight excluding hydrogens is 294 g/mol. The van der Waals surface area contributed by atoms with E-state index in [1.54, 1.807) is 11.0 Å². The minimum atomic E-state index is -0.179. The van der Waals surface area contributed by atoms with Crippen LogP contribution in [0.2, 0.25) is 0 Å². The van der Waals surface area contributed by atoms with Crippen LogP contribution in [0.25, 0.3) is 10.9 Å². The highest BCUT2D eigenvalue weighted by atomic mass is 16.5. The molecule has 6 heteroatoms. The van der Waals surface area contributed by atoms with Gasteiger partial charge in [0, 0.05) is 13.1 Å². The first kappa shape index (κ1) is 15.7. The van der Waals surface area contributed by atoms with Crippen molar-refractivity contribution in [2.45, 2.75) is 39.5 Å². The largest absolute Gasteiger partial charge is 0.372 e. The topological polar surface area (TPSA) is 64.4 Å². The summed E-state index contributed by atoms with van der Waals surface area (Å²) in [4.78, 5) is 31.1. The number of aryl methyl sites for hydroxylation is 1. The summed E-state index contributed by atoms with van der Waals surface area (Å²) in [5.41, 5.74) is 1.46. The maximum atomic E-state index is 12.6. The van der Waals surface area contributed by atoms with Crippen LogP contribution in [0.1, 0.15) is 19.4 Å². The third-order valence-electron chi connectivity index (χ3n) is 4.13. The molecule has 1 fully saturated rings. The van der Waals surface area contributed by atoms with E-state index in [0.717, 1.165) is 5.56 Å². The molecule has 0 spiro atoms. The summed E-state index contributed by atoms with van der Waals surface area (Å²) < 4.78 is 7.02. The maximum absolute atomic E-state index is 12.6. The number of morpholine rings is 1. The maximum Gasteiger partial charge on any atom is 0.261 e. The Morgan fingerprint density at radius 1 is 1.30 bits per heavy atom. The molecule has 1 aliphatic rings. The molecule has 6 nitrogen and oxygen atoms in total. The molecule has 1 saturated heterocycles. The van der Waals surface area contributed by atoms with Crippen LogP contribution >= 0.6 is 0 Å². The molecule has 0 N–H and O–H groups in total. The molecule has 2 heterocycles. The third kappa shape index (κ3) is 3.12. The highest BCUT2D eigenvalue weighted by molar-refractivity contribution is 5.81. The number of amides is 1. The summed E-state index contributed by atoms with van der Waals surface area (Å²) in [6.45, 7) is 6.93. The number of carbonyl (C=O) groups is 1. The van der Waals surface area contributed by atoms with Crippen molar-refractivity contribution in [3.8, 4) is 0 Å². The monoisotopic (exact) mass is 315 g/mol. The van der Waals surface area contributed by atoms with Crippen LogP contribution in [0.4, 0.5) is 0 Å². The van der Waals surface area contributed by atoms with Crippen molar-refractivity contribution < 1.29 is 9.53 Å². The van der Waals surface area contributed by atoms with Crippen LogP contribution in [-0.2, 0) is 16.1 Å². The fourth-order valence-corrected chi connectivity index (χ4v) is 3.08. The molecule has 2 atom stereocenters. The van der Waals surface area contributed by atoms with E-state index in [1.807, 2.05) is 32.9 Å². The van der Waals surface area contributed by atoms with E-state index < -0.39 is 0 Å². The van der Waals surface area contributed by atoms with Gasteiger partial charge < -0.3 is 9.64 Å². The van der Waals surface area contributed by atoms with Crippen LogP contribution in [0.3, 0.4) is 0 Å². The molecule has 2 aromatic rings. The molecule has 0 unspecified atom stereocenters. The van der Waals surface area contributed by atoms with Crippen molar-refractivity contribution >= 4 is 16.8 Å². The molecule has 0 aliphatic carbocycles. The quantitative estimate of drug-likeness (QED) is 0.839. The molecular formula is C17H21N3O3. The van der Waals surface area contributed by atoms with Gasteiger partial charge in [0.25, 0.3) is 5.56 Å². The lowest BCUT2D eigenvalue weighted by molar-refractivity contribution is -0.143. The van der Waals surface area contributed by atoms with Gasteiger partial charge >= 0.3 is 0 Å². The summed E-state index contributed by atoms with van der Waals surface area (Å²) in [5.74, 6) is -0.0806. The third-order valence-corrected chi connectivity index (χ3v) is 4.13. The Hall–Kier alpha value is -2.21. The number of para-hydroxylation sites is 1. The lowest BCUT2D eigenvalue weighted by Gasteiger charge is -2.35. The number of ether oxygens (including phenoxy) is 1. The first-order valence-electron chi connectivity index (χ1n) is 7.83. The minimum Gasteiger partial charge on any atom is -0.372 e. The lowest BCUT2D eigenvalue weighted by atomic mass is 10.1. The van der Waals surface area contributed by atoms with Gasteiger partial charge in [-0.05, 0) is 32.4 Å². The summed E-state index contributed by atoms with van der Waals surface area (Å²) in [6.07, 6.45) is 1.48. The van der Waals surface area contributed by atoms with Crippen LogP contribution in [0.15, 0.2) is 29.3 Å². The zero-order valence-electron chi connectivity index (χ0n) is 13.7. The van der Waals surface area contributed by atoms with Gasteiger partial charge in [-0.1, -0.05) is 12.1 Å². The zero-order valence-corrected chi connectivity index (χ0v) is 13.7. The molecule has 1 aromatic heterocycles. The fraction of sp³-hybridized carbons (Fsp3) is 0.471. The molecule has 122 valence electrons. The predicted molar refractivity (Wildman–Crippen MR) is 87.3 cm³/mol. The van der Waals surface area contributed by atoms with Crippen molar-refractivity contribution in [3.63, 3.8) is 0 Å². The number of hydrogen-bond donors (Lipinski definition) is 0. The smallest absolute Gasteiger partial charge is 0.261 e. The van der Waals surface area contributed by atoms with Crippen molar-refractivity contribution in [2.24, 2.45) is 0 Å². The summed E-state index contributed by atoms with van der Waals surface area (Å²) in [6, 6.07) is 5.50. The fourth-order valence-electron chi connectivity index (χ4n) is 3.08. The molecule has 0 bridgehead atoms. The van der Waals surface area contributed by atoms with Crippen LogP contribution in [-0.4, -0.2) is 45.7 Å². The number of aromatic nitrogens is 2. The summed E-state index contributed by atoms with van der Waals surface area (Å²) >= 11 is 0. The van der Waals surface area contributed by atoms with Gasteiger partial charge in [0.15, 0.2) is 0 Å². The van der Waals surface area contributed by atoms with E-state index >= 15 is 0 Å². The molecule has 0 radical (unpaired) electrons. The predicted octanol–water partition coefficient (Wildman–Crippen LogP) is 1.34. The first-order chi connectivity index (χ1) is 11.0. The van der Waals surface area contributed by atoms with Gasteiger partial charge in [-0.25, -0.2) is 4.98 Å². The van der Waals surface area contributed by atoms with Gasteiger partial charge in [0.05, 0.1) is 29.4 Å². The van der Waals surface area contributed by atoms with E-state index in [1.165, 1.54) is 10.9 Å². The molecule has 0 saturated carbocycles. The molecule has 1 aromatic carbocycles. The Morgan fingerprint density at radius 2 is 2.00 bits per heavy atom. The van der Waals surface area contributed by atoms with Crippen LogP contribution in [0.5, 0.6) is 0 Å². The number of fused-ring (bicyclic) bond motifs is 1. The zero-order chi connectivity index (χ0) is 16.6. The standard InChI is InChI=1S/C17H21N3O3/c1-11-5-4-6-14-16(11)18-10-20(17(14)22)9-15(21)19-7-12(2)23-13(3)8-19/h4-6,10,12-13H,7-9H2,1-3H3/t12-,13+. The Labute approximate surface area is 134 Å². The SMILES string of the molecule is Cc1cccc2c(=O)n(CC(=O)N3C[C@@H](C)O[C@@H](C)C3)cnc12. The van der Waals surface area contributed by atoms with Gasteiger partial charge in [-0.2, -0.15) is 0 Å². The van der Waals surface area contributed by atoms with Crippen LogP contribution in [0, 0.1) is 6.92 Å². The normalized spacial score (nSPS) is 21.6. The molecule has 1 aliphatic heterocycles. The number of nitrogens with zero attached hydrogens (tertiary/aromatic N) is 3. The second-order valence-corrected chi connectivity index (χ2v) is 6.20. The van der Waals surface area contributed by atoms with Gasteiger partial charge in [-0.3, -0.25) is 14.2 Å². The number of carbonyl (C=O) groups excluding carboxylic acids is 1. The average Bonchev–Trinajstić information content (AvgIpc) is 2.49. The van der Waals surface area contributed by atoms with E-state index in [2.05, 4.69) is 4.98 Å². The second kappa shape index (κ2) is 6.12. The Kier molecular flexibility index (Phi) is 4.17. The average molecular weight is 315 g/mol. The Bertz CT molecular complexity index is 789. The molecule has 23 heavy (non-hydrogen) atoms. The van der Waals surface area contributed by atoms with Crippen molar-refractivity contribution in [1.29, 1.82) is 0 Å². The number of benzene rings is 1. The van der Waals surface area contributed by atoms with Gasteiger partial charge in [0.1, 0.15) is 6.54 Å². The molecule has 1 amide bonds. The highest BCUT2D eigenvalue weighted by Crippen LogP contribution is 2.13. The van der Waals surface area contributed by atoms with E-state index in [0.29, 0.717) is 24.0 Å². The van der Waals surface area contributed by atoms with E-state index in [9.17, 15) is 9.59 Å². The van der Waals surface area contributed by atoms with Crippen molar-refractivity contribution in [1.82, 2.24) is 14.5 Å². The summed E-state index contributed by atoms with van der Waals surface area (Å²) in [5, 5.41) is 0.545. The molecule has 3 rings (SSSR count). The first-order valence-corrected chi connectivity index (χ1v) is 7.83. The van der Waals surface area contributed by atoms with E-state index in [-0.39, 0.29) is 30.2 Å². The number of hydrogen-bond acceptors (Lipinski definition) is 4. The van der Waals surface area contributed by atoms with Gasteiger partial charge in [-0.15, -0.1) is 0 Å². The van der Waals surface area contributed by atoms with Crippen LogP contribution < -0.4 is 5.56 Å². The Morgan fingerprint density at radius 3 is 2.70 bits per heavy atom.